The average molecular weight is 369 g/mol. The number of unbranched alkanes of at least 4 members (excludes halogenated alkanes) is 4. The fraction of sp³-hybridized carbons (Fsp3) is 0.692. The zero-order chi connectivity index (χ0) is 19.0. The lowest BCUT2D eigenvalue weighted by Gasteiger charge is -2.54. The number of rotatable bonds is 11. The largest absolute Gasteiger partial charge is 0.490 e. The lowest BCUT2D eigenvalue weighted by atomic mass is 9.51. The molecule has 0 spiro atoms. The molecule has 0 N–H and O–H groups in total. The van der Waals surface area contributed by atoms with Gasteiger partial charge in [0, 0.05) is 0 Å². The standard InChI is InChI=1S/C26H40O/c1-3-5-7-8-10-22-27-24-13-11-23(12-14-24)26-19-16-25(17-20-26,18-21-26)15-9-6-4-2/h8,10-14H,3-7,9,15-22H2,1-2H3/b10-8+. The second-order valence-corrected chi connectivity index (χ2v) is 9.19. The van der Waals surface area contributed by atoms with E-state index in [4.69, 9.17) is 4.74 Å². The Hall–Kier alpha value is -1.24. The van der Waals surface area contributed by atoms with Crippen molar-refractivity contribution in [1.82, 2.24) is 0 Å². The Morgan fingerprint density at radius 3 is 2.11 bits per heavy atom. The molecule has 1 aromatic carbocycles. The molecule has 2 bridgehead atoms. The first-order chi connectivity index (χ1) is 13.2. The van der Waals surface area contributed by atoms with Crippen LogP contribution in [0.4, 0.5) is 0 Å². The third-order valence-corrected chi connectivity index (χ3v) is 7.42. The van der Waals surface area contributed by atoms with E-state index in [2.05, 4.69) is 50.3 Å². The van der Waals surface area contributed by atoms with Gasteiger partial charge in [0.2, 0.25) is 0 Å². The van der Waals surface area contributed by atoms with Crippen molar-refractivity contribution in [3.05, 3.63) is 42.0 Å². The van der Waals surface area contributed by atoms with Crippen LogP contribution in [0.25, 0.3) is 0 Å². The van der Waals surface area contributed by atoms with Gasteiger partial charge in [-0.1, -0.05) is 70.2 Å². The molecule has 0 aromatic heterocycles. The van der Waals surface area contributed by atoms with E-state index in [9.17, 15) is 0 Å². The van der Waals surface area contributed by atoms with Crippen LogP contribution in [0.5, 0.6) is 5.75 Å². The third kappa shape index (κ3) is 5.18. The molecule has 1 nitrogen and oxygen atoms in total. The minimum Gasteiger partial charge on any atom is -0.490 e. The van der Waals surface area contributed by atoms with Crippen LogP contribution >= 0.6 is 0 Å². The molecule has 0 amide bonds. The Kier molecular flexibility index (Phi) is 7.44. The van der Waals surface area contributed by atoms with Crippen LogP contribution in [-0.4, -0.2) is 6.61 Å². The first-order valence-corrected chi connectivity index (χ1v) is 11.6. The van der Waals surface area contributed by atoms with Crippen molar-refractivity contribution in [3.63, 3.8) is 0 Å². The lowest BCUT2D eigenvalue weighted by molar-refractivity contribution is 0.0305. The van der Waals surface area contributed by atoms with E-state index in [1.54, 1.807) is 5.56 Å². The molecule has 4 rings (SSSR count). The summed E-state index contributed by atoms with van der Waals surface area (Å²) in [4.78, 5) is 0. The molecule has 0 heterocycles. The highest BCUT2D eigenvalue weighted by molar-refractivity contribution is 5.34. The van der Waals surface area contributed by atoms with Gasteiger partial charge in [-0.2, -0.15) is 0 Å². The number of allylic oxidation sites excluding steroid dienone is 1. The highest BCUT2D eigenvalue weighted by Gasteiger charge is 2.48. The van der Waals surface area contributed by atoms with Crippen molar-refractivity contribution in [2.45, 2.75) is 103 Å². The van der Waals surface area contributed by atoms with Crippen molar-refractivity contribution >= 4 is 0 Å². The van der Waals surface area contributed by atoms with Crippen LogP contribution in [0.1, 0.15) is 103 Å². The predicted octanol–water partition coefficient (Wildman–Crippen LogP) is 7.98. The number of ether oxygens (including phenoxy) is 1. The first-order valence-electron chi connectivity index (χ1n) is 11.6. The van der Waals surface area contributed by atoms with Gasteiger partial charge in [0.1, 0.15) is 12.4 Å². The highest BCUT2D eigenvalue weighted by Crippen LogP contribution is 2.59. The second-order valence-electron chi connectivity index (χ2n) is 9.19. The van der Waals surface area contributed by atoms with Crippen molar-refractivity contribution in [3.8, 4) is 5.75 Å². The van der Waals surface area contributed by atoms with Gasteiger partial charge in [-0.25, -0.2) is 0 Å². The Balaban J connectivity index is 1.50. The second kappa shape index (κ2) is 9.80. The molecule has 150 valence electrons. The highest BCUT2D eigenvalue weighted by atomic mass is 16.5. The van der Waals surface area contributed by atoms with Gasteiger partial charge in [-0.3, -0.25) is 0 Å². The first kappa shape index (κ1) is 20.5. The van der Waals surface area contributed by atoms with Crippen LogP contribution in [-0.2, 0) is 5.41 Å². The van der Waals surface area contributed by atoms with Crippen LogP contribution < -0.4 is 4.74 Å². The molecule has 3 aliphatic rings. The maximum Gasteiger partial charge on any atom is 0.119 e. The minimum atomic E-state index is 0.463. The van der Waals surface area contributed by atoms with E-state index in [1.807, 2.05) is 0 Å². The predicted molar refractivity (Wildman–Crippen MR) is 117 cm³/mol. The van der Waals surface area contributed by atoms with Crippen LogP contribution in [0.15, 0.2) is 36.4 Å². The summed E-state index contributed by atoms with van der Waals surface area (Å²) in [5, 5.41) is 0. The summed E-state index contributed by atoms with van der Waals surface area (Å²) in [6.07, 6.45) is 22.4. The number of hydrogen-bond acceptors (Lipinski definition) is 1. The van der Waals surface area contributed by atoms with E-state index >= 15 is 0 Å². The van der Waals surface area contributed by atoms with Gasteiger partial charge in [-0.15, -0.1) is 0 Å². The maximum atomic E-state index is 5.89. The number of fused-ring (bicyclic) bond motifs is 3. The molecule has 0 unspecified atom stereocenters. The Labute approximate surface area is 167 Å². The maximum absolute atomic E-state index is 5.89. The van der Waals surface area contributed by atoms with Crippen molar-refractivity contribution in [1.29, 1.82) is 0 Å². The summed E-state index contributed by atoms with van der Waals surface area (Å²) >= 11 is 0. The lowest BCUT2D eigenvalue weighted by Crippen LogP contribution is -2.44. The summed E-state index contributed by atoms with van der Waals surface area (Å²) in [6.45, 7) is 5.24. The average Bonchev–Trinajstić information content (AvgIpc) is 2.72. The molecule has 1 aromatic rings. The van der Waals surface area contributed by atoms with E-state index in [1.165, 1.54) is 83.5 Å². The summed E-state index contributed by atoms with van der Waals surface area (Å²) in [5.74, 6) is 1.01. The minimum absolute atomic E-state index is 0.463. The molecule has 3 saturated carbocycles. The fourth-order valence-electron chi connectivity index (χ4n) is 5.38. The van der Waals surface area contributed by atoms with E-state index in [0.29, 0.717) is 17.4 Å². The van der Waals surface area contributed by atoms with Gasteiger partial charge in [0.05, 0.1) is 0 Å². The van der Waals surface area contributed by atoms with E-state index in [0.717, 1.165) is 5.75 Å². The Bertz CT molecular complexity index is 558. The molecular formula is C26H40O. The van der Waals surface area contributed by atoms with Gasteiger partial charge in [-0.05, 0) is 79.9 Å². The van der Waals surface area contributed by atoms with Gasteiger partial charge in [0.25, 0.3) is 0 Å². The zero-order valence-electron chi connectivity index (χ0n) is 17.8. The Morgan fingerprint density at radius 2 is 1.48 bits per heavy atom. The quantitative estimate of drug-likeness (QED) is 0.284. The summed E-state index contributed by atoms with van der Waals surface area (Å²) in [6, 6.07) is 9.10. The SMILES string of the molecule is CCCC/C=C/COc1ccc(C23CCC(CCCCC)(CC2)CC3)cc1. The molecule has 3 aliphatic carbocycles. The number of hydrogen-bond donors (Lipinski definition) is 0. The topological polar surface area (TPSA) is 9.23 Å². The fourth-order valence-corrected chi connectivity index (χ4v) is 5.38. The molecule has 0 aliphatic heterocycles. The van der Waals surface area contributed by atoms with Gasteiger partial charge in [0.15, 0.2) is 0 Å². The van der Waals surface area contributed by atoms with E-state index < -0.39 is 0 Å². The normalized spacial score (nSPS) is 27.3. The molecule has 3 fully saturated rings. The van der Waals surface area contributed by atoms with E-state index in [-0.39, 0.29) is 0 Å². The van der Waals surface area contributed by atoms with Crippen molar-refractivity contribution < 1.29 is 4.74 Å². The third-order valence-electron chi connectivity index (χ3n) is 7.42. The van der Waals surface area contributed by atoms with Crippen LogP contribution in [0.3, 0.4) is 0 Å². The molecular weight excluding hydrogens is 328 g/mol. The molecule has 0 radical (unpaired) electrons. The van der Waals surface area contributed by atoms with Crippen LogP contribution in [0.2, 0.25) is 0 Å². The molecule has 0 atom stereocenters. The van der Waals surface area contributed by atoms with Crippen molar-refractivity contribution in [2.24, 2.45) is 5.41 Å². The zero-order valence-corrected chi connectivity index (χ0v) is 17.8. The summed E-state index contributed by atoms with van der Waals surface area (Å²) in [5.41, 5.74) is 2.73. The Morgan fingerprint density at radius 1 is 0.815 bits per heavy atom. The molecule has 27 heavy (non-hydrogen) atoms. The van der Waals surface area contributed by atoms with Crippen molar-refractivity contribution in [2.75, 3.05) is 6.61 Å². The molecule has 0 saturated heterocycles. The summed E-state index contributed by atoms with van der Waals surface area (Å²) < 4.78 is 5.89. The van der Waals surface area contributed by atoms with Gasteiger partial charge >= 0.3 is 0 Å². The van der Waals surface area contributed by atoms with Crippen LogP contribution in [0, 0.1) is 5.41 Å². The summed E-state index contributed by atoms with van der Waals surface area (Å²) in [7, 11) is 0. The monoisotopic (exact) mass is 368 g/mol. The molecule has 1 heteroatoms. The number of benzene rings is 1. The smallest absolute Gasteiger partial charge is 0.119 e. The van der Waals surface area contributed by atoms with Gasteiger partial charge < -0.3 is 4.74 Å².